The van der Waals surface area contributed by atoms with Gasteiger partial charge in [-0.05, 0) is 25.0 Å². The molecule has 0 saturated carbocycles. The van der Waals surface area contributed by atoms with Crippen molar-refractivity contribution in [2.24, 2.45) is 5.84 Å². The van der Waals surface area contributed by atoms with E-state index < -0.39 is 0 Å². The summed E-state index contributed by atoms with van der Waals surface area (Å²) in [6, 6.07) is 2.10. The molecular formula is C10H17N3O. The first-order chi connectivity index (χ1) is 6.81. The van der Waals surface area contributed by atoms with Crippen molar-refractivity contribution in [3.05, 3.63) is 24.0 Å². The molecule has 0 spiro atoms. The highest BCUT2D eigenvalue weighted by molar-refractivity contribution is 5.25. The molecule has 1 atom stereocenters. The lowest BCUT2D eigenvalue weighted by molar-refractivity contribution is 0.337. The van der Waals surface area contributed by atoms with Gasteiger partial charge < -0.3 is 4.74 Å². The molecule has 0 radical (unpaired) electrons. The lowest BCUT2D eigenvalue weighted by Gasteiger charge is -2.14. The molecule has 0 aromatic carbocycles. The Kier molecular flexibility index (Phi) is 4.35. The minimum atomic E-state index is 0.142. The highest BCUT2D eigenvalue weighted by atomic mass is 16.5. The summed E-state index contributed by atoms with van der Waals surface area (Å²) in [6.45, 7) is 4.67. The fourth-order valence-electron chi connectivity index (χ4n) is 1.32. The Morgan fingerprint density at radius 2 is 2.29 bits per heavy atom. The van der Waals surface area contributed by atoms with Crippen molar-refractivity contribution < 1.29 is 4.74 Å². The molecule has 4 heteroatoms. The number of ether oxygens (including phenoxy) is 1. The lowest BCUT2D eigenvalue weighted by Crippen LogP contribution is -2.27. The molecule has 1 heterocycles. The summed E-state index contributed by atoms with van der Waals surface area (Å²) in [6.07, 6.45) is 4.43. The van der Waals surface area contributed by atoms with Crippen LogP contribution in [0.4, 0.5) is 0 Å². The van der Waals surface area contributed by atoms with Crippen LogP contribution in [0.3, 0.4) is 0 Å². The third-order valence-electron chi connectivity index (χ3n) is 2.06. The van der Waals surface area contributed by atoms with E-state index in [0.29, 0.717) is 6.61 Å². The summed E-state index contributed by atoms with van der Waals surface area (Å²) in [4.78, 5) is 4.10. The van der Waals surface area contributed by atoms with Crippen molar-refractivity contribution in [2.75, 3.05) is 6.61 Å². The highest BCUT2D eigenvalue weighted by Gasteiger charge is 2.07. The van der Waals surface area contributed by atoms with E-state index in [1.54, 1.807) is 12.4 Å². The third-order valence-corrected chi connectivity index (χ3v) is 2.06. The van der Waals surface area contributed by atoms with Gasteiger partial charge in [-0.25, -0.2) is 0 Å². The maximum atomic E-state index is 5.42. The topological polar surface area (TPSA) is 60.2 Å². The summed E-state index contributed by atoms with van der Waals surface area (Å²) in [5.74, 6) is 6.21. The number of hydrogen-bond acceptors (Lipinski definition) is 4. The van der Waals surface area contributed by atoms with E-state index in [1.807, 2.05) is 13.0 Å². The molecule has 1 aromatic heterocycles. The van der Waals surface area contributed by atoms with Gasteiger partial charge >= 0.3 is 0 Å². The monoisotopic (exact) mass is 195 g/mol. The van der Waals surface area contributed by atoms with Crippen LogP contribution in [-0.4, -0.2) is 11.6 Å². The van der Waals surface area contributed by atoms with Crippen molar-refractivity contribution >= 4 is 0 Å². The van der Waals surface area contributed by atoms with Crippen molar-refractivity contribution in [2.45, 2.75) is 26.3 Å². The predicted octanol–water partition coefficient (Wildman–Crippen LogP) is 1.39. The quantitative estimate of drug-likeness (QED) is 0.550. The first kappa shape index (κ1) is 10.9. The van der Waals surface area contributed by atoms with E-state index in [1.165, 1.54) is 0 Å². The van der Waals surface area contributed by atoms with Crippen molar-refractivity contribution in [3.8, 4) is 5.75 Å². The number of rotatable bonds is 5. The smallest absolute Gasteiger partial charge is 0.137 e. The average Bonchev–Trinajstić information content (AvgIpc) is 2.21. The normalized spacial score (nSPS) is 12.5. The molecule has 0 fully saturated rings. The van der Waals surface area contributed by atoms with Crippen molar-refractivity contribution in [1.82, 2.24) is 10.4 Å². The van der Waals surface area contributed by atoms with E-state index in [4.69, 9.17) is 10.6 Å². The first-order valence-corrected chi connectivity index (χ1v) is 4.85. The van der Waals surface area contributed by atoms with E-state index in [-0.39, 0.29) is 6.04 Å². The standard InChI is InChI=1S/C10H17N3O/c1-3-10(13-11)8-5-9(14-4-2)7-12-6-8/h5-7,10,13H,3-4,11H2,1-2H3. The van der Waals surface area contributed by atoms with E-state index in [0.717, 1.165) is 17.7 Å². The van der Waals surface area contributed by atoms with Crippen LogP contribution in [0.25, 0.3) is 0 Å². The Labute approximate surface area is 84.4 Å². The minimum absolute atomic E-state index is 0.142. The minimum Gasteiger partial charge on any atom is -0.492 e. The molecule has 0 aliphatic carbocycles. The number of nitrogens with zero attached hydrogens (tertiary/aromatic N) is 1. The van der Waals surface area contributed by atoms with Crippen LogP contribution in [0.15, 0.2) is 18.5 Å². The van der Waals surface area contributed by atoms with Gasteiger partial charge in [-0.2, -0.15) is 0 Å². The maximum absolute atomic E-state index is 5.42. The van der Waals surface area contributed by atoms with Crippen LogP contribution in [0, 0.1) is 0 Å². The van der Waals surface area contributed by atoms with Crippen molar-refractivity contribution in [1.29, 1.82) is 0 Å². The summed E-state index contributed by atoms with van der Waals surface area (Å²) in [7, 11) is 0. The molecule has 0 aliphatic rings. The molecular weight excluding hydrogens is 178 g/mol. The second-order valence-electron chi connectivity index (χ2n) is 3.01. The number of nitrogens with one attached hydrogen (secondary N) is 1. The molecule has 4 nitrogen and oxygen atoms in total. The number of aromatic nitrogens is 1. The van der Waals surface area contributed by atoms with Gasteiger partial charge in [-0.15, -0.1) is 0 Å². The van der Waals surface area contributed by atoms with Gasteiger partial charge in [0, 0.05) is 12.2 Å². The molecule has 0 bridgehead atoms. The second kappa shape index (κ2) is 5.57. The fraction of sp³-hybridized carbons (Fsp3) is 0.500. The third kappa shape index (κ3) is 2.68. The first-order valence-electron chi connectivity index (χ1n) is 4.85. The van der Waals surface area contributed by atoms with Crippen LogP contribution >= 0.6 is 0 Å². The molecule has 0 saturated heterocycles. The van der Waals surface area contributed by atoms with E-state index >= 15 is 0 Å². The van der Waals surface area contributed by atoms with Crippen LogP contribution in [0.5, 0.6) is 5.75 Å². The van der Waals surface area contributed by atoms with Gasteiger partial charge in [0.05, 0.1) is 12.8 Å². The molecule has 14 heavy (non-hydrogen) atoms. The lowest BCUT2D eigenvalue weighted by atomic mass is 10.1. The Morgan fingerprint density at radius 3 is 2.86 bits per heavy atom. The SMILES string of the molecule is CCOc1cncc(C(CC)NN)c1. The van der Waals surface area contributed by atoms with E-state index in [2.05, 4.69) is 17.3 Å². The van der Waals surface area contributed by atoms with Gasteiger partial charge in [0.1, 0.15) is 5.75 Å². The fourth-order valence-corrected chi connectivity index (χ4v) is 1.32. The van der Waals surface area contributed by atoms with E-state index in [9.17, 15) is 0 Å². The summed E-state index contributed by atoms with van der Waals surface area (Å²) in [5.41, 5.74) is 3.80. The zero-order valence-corrected chi connectivity index (χ0v) is 8.66. The van der Waals surface area contributed by atoms with Crippen molar-refractivity contribution in [3.63, 3.8) is 0 Å². The van der Waals surface area contributed by atoms with Gasteiger partial charge in [-0.1, -0.05) is 6.92 Å². The Bertz CT molecular complexity index is 274. The highest BCUT2D eigenvalue weighted by Crippen LogP contribution is 2.19. The van der Waals surface area contributed by atoms with Gasteiger partial charge in [0.15, 0.2) is 0 Å². The number of hydrogen-bond donors (Lipinski definition) is 2. The molecule has 3 N–H and O–H groups in total. The average molecular weight is 195 g/mol. The van der Waals surface area contributed by atoms with Crippen LogP contribution < -0.4 is 16.0 Å². The molecule has 78 valence electrons. The maximum Gasteiger partial charge on any atom is 0.137 e. The van der Waals surface area contributed by atoms with Gasteiger partial charge in [-0.3, -0.25) is 16.3 Å². The predicted molar refractivity (Wildman–Crippen MR) is 55.8 cm³/mol. The van der Waals surface area contributed by atoms with Crippen LogP contribution in [-0.2, 0) is 0 Å². The Morgan fingerprint density at radius 1 is 1.50 bits per heavy atom. The Hall–Kier alpha value is -1.13. The zero-order valence-electron chi connectivity index (χ0n) is 8.66. The van der Waals surface area contributed by atoms with Crippen LogP contribution in [0.2, 0.25) is 0 Å². The second-order valence-corrected chi connectivity index (χ2v) is 3.01. The summed E-state index contributed by atoms with van der Waals surface area (Å²) >= 11 is 0. The van der Waals surface area contributed by atoms with Gasteiger partial charge in [0.2, 0.25) is 0 Å². The number of nitrogens with two attached hydrogens (primary N) is 1. The molecule has 1 unspecified atom stereocenters. The summed E-state index contributed by atoms with van der Waals surface area (Å²) in [5, 5.41) is 0. The molecule has 1 aromatic rings. The molecule has 1 rings (SSSR count). The number of pyridine rings is 1. The number of hydrazine groups is 1. The largest absolute Gasteiger partial charge is 0.492 e. The molecule has 0 amide bonds. The van der Waals surface area contributed by atoms with Crippen LogP contribution in [0.1, 0.15) is 31.9 Å². The summed E-state index contributed by atoms with van der Waals surface area (Å²) < 4.78 is 5.35. The zero-order chi connectivity index (χ0) is 10.4. The Balaban J connectivity index is 2.81. The van der Waals surface area contributed by atoms with Gasteiger partial charge in [0.25, 0.3) is 0 Å². The molecule has 0 aliphatic heterocycles.